The molecule has 1 fully saturated rings. The fourth-order valence-electron chi connectivity index (χ4n) is 2.74. The van der Waals surface area contributed by atoms with Crippen molar-refractivity contribution in [2.75, 3.05) is 31.7 Å². The highest BCUT2D eigenvalue weighted by atomic mass is 16.5. The molecule has 1 amide bonds. The van der Waals surface area contributed by atoms with Crippen LogP contribution in [0.1, 0.15) is 39.0 Å². The highest BCUT2D eigenvalue weighted by Crippen LogP contribution is 2.17. The van der Waals surface area contributed by atoms with Crippen molar-refractivity contribution in [3.05, 3.63) is 24.3 Å². The van der Waals surface area contributed by atoms with E-state index in [-0.39, 0.29) is 5.91 Å². The molecule has 0 bridgehead atoms. The number of benzene rings is 1. The molecule has 0 aliphatic heterocycles. The number of nitrogens with one attached hydrogen (secondary N) is 2. The van der Waals surface area contributed by atoms with E-state index < -0.39 is 0 Å². The highest BCUT2D eigenvalue weighted by Gasteiger charge is 2.15. The van der Waals surface area contributed by atoms with E-state index in [1.807, 2.05) is 31.2 Å². The first-order valence-corrected chi connectivity index (χ1v) is 8.62. The zero-order chi connectivity index (χ0) is 16.3. The van der Waals surface area contributed by atoms with Crippen molar-refractivity contribution in [1.29, 1.82) is 0 Å². The summed E-state index contributed by atoms with van der Waals surface area (Å²) >= 11 is 0. The first kappa shape index (κ1) is 17.6. The second-order valence-electron chi connectivity index (χ2n) is 5.83. The van der Waals surface area contributed by atoms with E-state index in [4.69, 9.17) is 9.47 Å². The standard InChI is InChI=1S/C18H28N2O3/c1-2-22-12-13-23-17-10-8-15(9-11-17)19-14-18(21)20-16-6-4-3-5-7-16/h8-11,16,19H,2-7,12-14H2,1H3,(H,20,21). The normalized spacial score (nSPS) is 15.2. The topological polar surface area (TPSA) is 59.6 Å². The minimum Gasteiger partial charge on any atom is -0.491 e. The van der Waals surface area contributed by atoms with E-state index in [1.54, 1.807) is 0 Å². The molecule has 1 aliphatic carbocycles. The lowest BCUT2D eigenvalue weighted by Crippen LogP contribution is -2.39. The highest BCUT2D eigenvalue weighted by molar-refractivity contribution is 5.81. The summed E-state index contributed by atoms with van der Waals surface area (Å²) in [5.74, 6) is 0.871. The van der Waals surface area contributed by atoms with Crippen molar-refractivity contribution in [3.8, 4) is 5.75 Å². The van der Waals surface area contributed by atoms with Crippen LogP contribution in [0.3, 0.4) is 0 Å². The first-order valence-electron chi connectivity index (χ1n) is 8.62. The zero-order valence-corrected chi connectivity index (χ0v) is 14.0. The minimum absolute atomic E-state index is 0.0638. The maximum Gasteiger partial charge on any atom is 0.239 e. The van der Waals surface area contributed by atoms with Gasteiger partial charge in [-0.2, -0.15) is 0 Å². The number of ether oxygens (including phenoxy) is 2. The van der Waals surface area contributed by atoms with Gasteiger partial charge in [0.25, 0.3) is 0 Å². The van der Waals surface area contributed by atoms with E-state index >= 15 is 0 Å². The van der Waals surface area contributed by atoms with Gasteiger partial charge < -0.3 is 20.1 Å². The number of carbonyl (C=O) groups excluding carboxylic acids is 1. The quantitative estimate of drug-likeness (QED) is 0.687. The lowest BCUT2D eigenvalue weighted by molar-refractivity contribution is -0.120. The Balaban J connectivity index is 1.65. The van der Waals surface area contributed by atoms with Gasteiger partial charge in [0.15, 0.2) is 0 Å². The van der Waals surface area contributed by atoms with Crippen LogP contribution in [0.4, 0.5) is 5.69 Å². The van der Waals surface area contributed by atoms with Crippen LogP contribution >= 0.6 is 0 Å². The molecular weight excluding hydrogens is 292 g/mol. The molecule has 2 rings (SSSR count). The van der Waals surface area contributed by atoms with Crippen LogP contribution in [0, 0.1) is 0 Å². The molecule has 0 atom stereocenters. The van der Waals surface area contributed by atoms with Gasteiger partial charge in [-0.05, 0) is 44.0 Å². The van der Waals surface area contributed by atoms with Crippen molar-refractivity contribution in [3.63, 3.8) is 0 Å². The first-order chi connectivity index (χ1) is 11.3. The van der Waals surface area contributed by atoms with Gasteiger partial charge in [-0.3, -0.25) is 4.79 Å². The van der Waals surface area contributed by atoms with Gasteiger partial charge in [-0.1, -0.05) is 19.3 Å². The Hall–Kier alpha value is -1.75. The molecule has 1 aliphatic rings. The molecule has 5 nitrogen and oxygen atoms in total. The van der Waals surface area contributed by atoms with Crippen molar-refractivity contribution in [1.82, 2.24) is 5.32 Å². The summed E-state index contributed by atoms with van der Waals surface area (Å²) in [6.45, 7) is 4.11. The number of hydrogen-bond donors (Lipinski definition) is 2. The predicted molar refractivity (Wildman–Crippen MR) is 91.9 cm³/mol. The molecule has 0 saturated heterocycles. The van der Waals surface area contributed by atoms with Crippen molar-refractivity contribution < 1.29 is 14.3 Å². The number of carbonyl (C=O) groups is 1. The Labute approximate surface area is 138 Å². The molecule has 0 unspecified atom stereocenters. The summed E-state index contributed by atoms with van der Waals surface area (Å²) < 4.78 is 10.8. The Morgan fingerprint density at radius 3 is 2.57 bits per heavy atom. The van der Waals surface area contributed by atoms with Crippen LogP contribution in [-0.4, -0.2) is 38.3 Å². The average molecular weight is 320 g/mol. The fraction of sp³-hybridized carbons (Fsp3) is 0.611. The van der Waals surface area contributed by atoms with Crippen molar-refractivity contribution >= 4 is 11.6 Å². The maximum absolute atomic E-state index is 11.9. The second-order valence-corrected chi connectivity index (χ2v) is 5.83. The Kier molecular flexibility index (Phi) is 7.73. The van der Waals surface area contributed by atoms with Crippen molar-refractivity contribution in [2.24, 2.45) is 0 Å². The van der Waals surface area contributed by atoms with E-state index in [2.05, 4.69) is 10.6 Å². The summed E-state index contributed by atoms with van der Waals surface area (Å²) in [4.78, 5) is 11.9. The van der Waals surface area contributed by atoms with E-state index in [9.17, 15) is 4.79 Å². The second kappa shape index (κ2) is 10.1. The van der Waals surface area contributed by atoms with Gasteiger partial charge in [-0.15, -0.1) is 0 Å². The molecule has 1 saturated carbocycles. The molecule has 0 aromatic heterocycles. The predicted octanol–water partition coefficient (Wildman–Crippen LogP) is 2.96. The average Bonchev–Trinajstić information content (AvgIpc) is 2.59. The third kappa shape index (κ3) is 6.91. The third-order valence-corrected chi connectivity index (χ3v) is 3.98. The number of hydrogen-bond acceptors (Lipinski definition) is 4. The molecule has 1 aromatic rings. The molecule has 1 aromatic carbocycles. The SMILES string of the molecule is CCOCCOc1ccc(NCC(=O)NC2CCCCC2)cc1. The largest absolute Gasteiger partial charge is 0.491 e. The summed E-state index contributed by atoms with van der Waals surface area (Å²) in [7, 11) is 0. The van der Waals surface area contributed by atoms with E-state index in [1.165, 1.54) is 19.3 Å². The third-order valence-electron chi connectivity index (χ3n) is 3.98. The van der Waals surface area contributed by atoms with Gasteiger partial charge in [0, 0.05) is 18.3 Å². The Bertz CT molecular complexity index is 456. The van der Waals surface area contributed by atoms with Gasteiger partial charge in [0.1, 0.15) is 12.4 Å². The van der Waals surface area contributed by atoms with Crippen LogP contribution in [0.15, 0.2) is 24.3 Å². The van der Waals surface area contributed by atoms with Gasteiger partial charge in [0.2, 0.25) is 5.91 Å². The smallest absolute Gasteiger partial charge is 0.239 e. The lowest BCUT2D eigenvalue weighted by Gasteiger charge is -2.22. The summed E-state index contributed by atoms with van der Waals surface area (Å²) in [5, 5.41) is 6.25. The molecule has 5 heteroatoms. The monoisotopic (exact) mass is 320 g/mol. The molecular formula is C18H28N2O3. The number of anilines is 1. The van der Waals surface area contributed by atoms with Crippen LogP contribution in [0.2, 0.25) is 0 Å². The summed E-state index contributed by atoms with van der Waals surface area (Å²) in [6.07, 6.45) is 5.97. The van der Waals surface area contributed by atoms with E-state index in [0.29, 0.717) is 32.4 Å². The molecule has 128 valence electrons. The van der Waals surface area contributed by atoms with Gasteiger partial charge in [0.05, 0.1) is 13.2 Å². The molecule has 0 heterocycles. The summed E-state index contributed by atoms with van der Waals surface area (Å²) in [5.41, 5.74) is 0.918. The van der Waals surface area contributed by atoms with Crippen molar-refractivity contribution in [2.45, 2.75) is 45.1 Å². The van der Waals surface area contributed by atoms with Gasteiger partial charge in [-0.25, -0.2) is 0 Å². The van der Waals surface area contributed by atoms with Gasteiger partial charge >= 0.3 is 0 Å². The van der Waals surface area contributed by atoms with Crippen LogP contribution in [0.25, 0.3) is 0 Å². The zero-order valence-electron chi connectivity index (χ0n) is 14.0. The minimum atomic E-state index is 0.0638. The van der Waals surface area contributed by atoms with Crippen LogP contribution in [0.5, 0.6) is 5.75 Å². The fourth-order valence-corrected chi connectivity index (χ4v) is 2.74. The number of rotatable bonds is 9. The molecule has 0 spiro atoms. The van der Waals surface area contributed by atoms with Crippen LogP contribution < -0.4 is 15.4 Å². The molecule has 2 N–H and O–H groups in total. The Morgan fingerprint density at radius 2 is 1.87 bits per heavy atom. The van der Waals surface area contributed by atoms with E-state index in [0.717, 1.165) is 24.3 Å². The molecule has 23 heavy (non-hydrogen) atoms. The maximum atomic E-state index is 11.9. The van der Waals surface area contributed by atoms with Crippen LogP contribution in [-0.2, 0) is 9.53 Å². The lowest BCUT2D eigenvalue weighted by atomic mass is 9.95. The number of amides is 1. The molecule has 0 radical (unpaired) electrons. The Morgan fingerprint density at radius 1 is 1.13 bits per heavy atom. The summed E-state index contributed by atoms with van der Waals surface area (Å²) in [6, 6.07) is 7.99.